The Morgan fingerprint density at radius 3 is 2.81 bits per heavy atom. The number of thiazole rings is 1. The molecule has 0 bridgehead atoms. The zero-order chi connectivity index (χ0) is 14.7. The van der Waals surface area contributed by atoms with E-state index in [1.54, 1.807) is 24.4 Å². The van der Waals surface area contributed by atoms with Crippen LogP contribution >= 0.6 is 11.3 Å². The zero-order valence-corrected chi connectivity index (χ0v) is 11.8. The fourth-order valence-electron chi connectivity index (χ4n) is 1.92. The van der Waals surface area contributed by atoms with Crippen LogP contribution in [0.15, 0.2) is 53.5 Å². The minimum atomic E-state index is -0.314. The number of anilines is 1. The molecule has 106 valence electrons. The zero-order valence-electron chi connectivity index (χ0n) is 10.9. The Labute approximate surface area is 124 Å². The summed E-state index contributed by atoms with van der Waals surface area (Å²) in [5.74, 6) is 0.222. The number of carbonyl (C=O) groups excluding carboxylic acids is 1. The second kappa shape index (κ2) is 5.76. The smallest absolute Gasteiger partial charge is 0.289 e. The maximum absolute atomic E-state index is 11.9. The fraction of sp³-hybridized carbons (Fsp3) is 0.0714. The lowest BCUT2D eigenvalue weighted by Gasteiger charge is -2.08. The molecule has 2 N–H and O–H groups in total. The van der Waals surface area contributed by atoms with Crippen molar-refractivity contribution >= 4 is 33.3 Å². The second-order valence-electron chi connectivity index (χ2n) is 4.31. The van der Waals surface area contributed by atoms with E-state index in [2.05, 4.69) is 15.8 Å². The van der Waals surface area contributed by atoms with Crippen molar-refractivity contribution < 1.29 is 4.79 Å². The number of benzene rings is 1. The van der Waals surface area contributed by atoms with Gasteiger partial charge in [-0.2, -0.15) is 0 Å². The summed E-state index contributed by atoms with van der Waals surface area (Å²) in [5.41, 5.74) is 5.99. The highest BCUT2D eigenvalue weighted by Crippen LogP contribution is 2.15. The summed E-state index contributed by atoms with van der Waals surface area (Å²) in [6, 6.07) is 12.7. The van der Waals surface area contributed by atoms with Crippen molar-refractivity contribution in [3.63, 3.8) is 0 Å². The molecule has 0 spiro atoms. The van der Waals surface area contributed by atoms with Crippen molar-refractivity contribution in [2.24, 2.45) is 0 Å². The maximum atomic E-state index is 11.9. The number of fused-ring (bicyclic) bond motifs is 1. The van der Waals surface area contributed by atoms with Crippen LogP contribution in [0, 0.1) is 0 Å². The molecular weight excluding hydrogens is 288 g/mol. The van der Waals surface area contributed by atoms with Gasteiger partial charge in [0.2, 0.25) is 0 Å². The second-order valence-corrected chi connectivity index (χ2v) is 5.30. The monoisotopic (exact) mass is 300 g/mol. The highest BCUT2D eigenvalue weighted by atomic mass is 32.1. The molecule has 1 amide bonds. The molecule has 0 saturated carbocycles. The summed E-state index contributed by atoms with van der Waals surface area (Å²) in [5, 5.41) is 0. The molecule has 0 fully saturated rings. The Hall–Kier alpha value is -2.67. The topological polar surface area (TPSA) is 76.0 Å². The standard InChI is InChI=1S/C14H12N4O2S/c19-13(17-16-12-7-3-4-8-15-12)9-18-10-5-1-2-6-11(10)21-14(18)20/h1-8H,9H2,(H,15,16)(H,17,19). The summed E-state index contributed by atoms with van der Waals surface area (Å²) < 4.78 is 2.32. The molecule has 0 aliphatic heterocycles. The van der Waals surface area contributed by atoms with Crippen LogP contribution in [0.1, 0.15) is 0 Å². The van der Waals surface area contributed by atoms with Gasteiger partial charge in [0.05, 0.1) is 10.2 Å². The van der Waals surface area contributed by atoms with E-state index in [-0.39, 0.29) is 17.3 Å². The summed E-state index contributed by atoms with van der Waals surface area (Å²) >= 11 is 1.13. The third-order valence-electron chi connectivity index (χ3n) is 2.87. The van der Waals surface area contributed by atoms with Gasteiger partial charge in [0.25, 0.3) is 5.91 Å². The summed E-state index contributed by atoms with van der Waals surface area (Å²) in [6.45, 7) is -0.0390. The van der Waals surface area contributed by atoms with Crippen LogP contribution < -0.4 is 15.7 Å². The van der Waals surface area contributed by atoms with Gasteiger partial charge >= 0.3 is 4.87 Å². The van der Waals surface area contributed by atoms with E-state index < -0.39 is 0 Å². The number of rotatable bonds is 4. The molecule has 7 heteroatoms. The van der Waals surface area contributed by atoms with Crippen molar-refractivity contribution in [2.45, 2.75) is 6.54 Å². The SMILES string of the molecule is O=C(Cn1c(=O)sc2ccccc21)NNc1ccccn1. The first-order valence-corrected chi connectivity index (χ1v) is 7.10. The van der Waals surface area contributed by atoms with Gasteiger partial charge in [-0.3, -0.25) is 25.0 Å². The van der Waals surface area contributed by atoms with E-state index >= 15 is 0 Å². The average molecular weight is 300 g/mol. The Bertz CT molecular complexity index is 826. The van der Waals surface area contributed by atoms with Gasteiger partial charge in [-0.15, -0.1) is 0 Å². The number of nitrogens with zero attached hydrogens (tertiary/aromatic N) is 2. The van der Waals surface area contributed by atoms with Crippen molar-refractivity contribution in [1.29, 1.82) is 0 Å². The Morgan fingerprint density at radius 1 is 1.19 bits per heavy atom. The van der Waals surface area contributed by atoms with Gasteiger partial charge in [-0.25, -0.2) is 4.98 Å². The predicted molar refractivity (Wildman–Crippen MR) is 82.1 cm³/mol. The van der Waals surface area contributed by atoms with Crippen molar-refractivity contribution in [1.82, 2.24) is 15.0 Å². The summed E-state index contributed by atoms with van der Waals surface area (Å²) in [4.78, 5) is 27.7. The van der Waals surface area contributed by atoms with Gasteiger partial charge in [0.15, 0.2) is 0 Å². The van der Waals surface area contributed by atoms with Crippen molar-refractivity contribution in [3.05, 3.63) is 58.3 Å². The molecule has 0 radical (unpaired) electrons. The van der Waals surface area contributed by atoms with E-state index in [0.29, 0.717) is 5.82 Å². The van der Waals surface area contributed by atoms with E-state index in [4.69, 9.17) is 0 Å². The summed E-state index contributed by atoms with van der Waals surface area (Å²) in [7, 11) is 0. The first kappa shape index (κ1) is 13.3. The van der Waals surface area contributed by atoms with Crippen LogP contribution in [0.3, 0.4) is 0 Å². The quantitative estimate of drug-likeness (QED) is 0.718. The number of hydrogen-bond acceptors (Lipinski definition) is 5. The number of hydrazine groups is 1. The number of pyridine rings is 1. The fourth-order valence-corrected chi connectivity index (χ4v) is 2.81. The molecule has 21 heavy (non-hydrogen) atoms. The van der Waals surface area contributed by atoms with E-state index in [1.807, 2.05) is 24.3 Å². The van der Waals surface area contributed by atoms with Gasteiger partial charge < -0.3 is 0 Å². The molecule has 6 nitrogen and oxygen atoms in total. The van der Waals surface area contributed by atoms with Crippen LogP contribution in [0.25, 0.3) is 10.2 Å². The number of nitrogens with one attached hydrogen (secondary N) is 2. The number of aromatic nitrogens is 2. The molecule has 2 aromatic heterocycles. The molecule has 1 aromatic carbocycles. The molecule has 3 rings (SSSR count). The molecule has 3 aromatic rings. The lowest BCUT2D eigenvalue weighted by Crippen LogP contribution is -2.34. The normalized spacial score (nSPS) is 10.5. The highest BCUT2D eigenvalue weighted by molar-refractivity contribution is 7.16. The first-order valence-electron chi connectivity index (χ1n) is 6.28. The van der Waals surface area contributed by atoms with Crippen LogP contribution in [0.4, 0.5) is 5.82 Å². The molecule has 0 saturated heterocycles. The first-order chi connectivity index (χ1) is 10.2. The molecule has 0 atom stereocenters. The highest BCUT2D eigenvalue weighted by Gasteiger charge is 2.10. The minimum absolute atomic E-state index is 0.0390. The van der Waals surface area contributed by atoms with Crippen LogP contribution in [0.2, 0.25) is 0 Å². The third-order valence-corrected chi connectivity index (χ3v) is 3.83. The third kappa shape index (κ3) is 2.92. The van der Waals surface area contributed by atoms with Gasteiger partial charge in [-0.1, -0.05) is 29.5 Å². The molecular formula is C14H12N4O2S. The molecule has 0 unspecified atom stereocenters. The molecule has 2 heterocycles. The number of amides is 1. The average Bonchev–Trinajstić information content (AvgIpc) is 2.82. The van der Waals surface area contributed by atoms with E-state index in [1.165, 1.54) is 4.57 Å². The van der Waals surface area contributed by atoms with E-state index in [9.17, 15) is 9.59 Å². The van der Waals surface area contributed by atoms with Gasteiger partial charge in [0, 0.05) is 6.20 Å². The lowest BCUT2D eigenvalue weighted by atomic mass is 10.3. The van der Waals surface area contributed by atoms with Gasteiger partial charge in [0.1, 0.15) is 12.4 Å². The Balaban J connectivity index is 1.72. The van der Waals surface area contributed by atoms with Crippen LogP contribution in [-0.2, 0) is 11.3 Å². The van der Waals surface area contributed by atoms with Gasteiger partial charge in [-0.05, 0) is 24.3 Å². The Morgan fingerprint density at radius 2 is 2.00 bits per heavy atom. The van der Waals surface area contributed by atoms with Crippen LogP contribution in [0.5, 0.6) is 0 Å². The summed E-state index contributed by atoms with van der Waals surface area (Å²) in [6.07, 6.45) is 1.62. The van der Waals surface area contributed by atoms with Crippen LogP contribution in [-0.4, -0.2) is 15.5 Å². The van der Waals surface area contributed by atoms with Crippen molar-refractivity contribution in [3.8, 4) is 0 Å². The Kier molecular flexibility index (Phi) is 3.65. The lowest BCUT2D eigenvalue weighted by molar-refractivity contribution is -0.121. The number of para-hydroxylation sites is 1. The van der Waals surface area contributed by atoms with Crippen molar-refractivity contribution in [2.75, 3.05) is 5.43 Å². The predicted octanol–water partition coefficient (Wildman–Crippen LogP) is 1.60. The van der Waals surface area contributed by atoms with E-state index in [0.717, 1.165) is 21.6 Å². The largest absolute Gasteiger partial charge is 0.308 e. The number of hydrogen-bond donors (Lipinski definition) is 2. The number of carbonyl (C=O) groups is 1. The molecule has 0 aliphatic rings. The maximum Gasteiger partial charge on any atom is 0.308 e. The molecule has 0 aliphatic carbocycles. The minimum Gasteiger partial charge on any atom is -0.289 e.